The lowest BCUT2D eigenvalue weighted by Gasteiger charge is -2.05. The number of H-pyrrole nitrogens is 1. The van der Waals surface area contributed by atoms with Crippen molar-refractivity contribution in [3.63, 3.8) is 0 Å². The molecule has 0 saturated heterocycles. The van der Waals surface area contributed by atoms with Gasteiger partial charge in [0.2, 0.25) is 5.89 Å². The molecule has 2 aromatic heterocycles. The Bertz CT molecular complexity index is 1100. The molecule has 0 radical (unpaired) electrons. The molecule has 0 amide bonds. The van der Waals surface area contributed by atoms with Crippen molar-refractivity contribution in [2.75, 3.05) is 0 Å². The molecule has 0 aliphatic carbocycles. The maximum absolute atomic E-state index is 12.1. The van der Waals surface area contributed by atoms with Gasteiger partial charge in [0, 0.05) is 17.9 Å². The van der Waals surface area contributed by atoms with E-state index in [1.807, 2.05) is 49.4 Å². The van der Waals surface area contributed by atoms with Crippen LogP contribution in [0.4, 0.5) is 0 Å². The maximum atomic E-state index is 12.1. The van der Waals surface area contributed by atoms with Gasteiger partial charge in [-0.2, -0.15) is 0 Å². The summed E-state index contributed by atoms with van der Waals surface area (Å²) in [6.45, 7) is 2.62. The van der Waals surface area contributed by atoms with Gasteiger partial charge in [-0.3, -0.25) is 4.57 Å². The molecule has 6 nitrogen and oxygen atoms in total. The second-order valence-electron chi connectivity index (χ2n) is 6.50. The highest BCUT2D eigenvalue weighted by Crippen LogP contribution is 2.23. The highest BCUT2D eigenvalue weighted by Gasteiger charge is 2.12. The summed E-state index contributed by atoms with van der Waals surface area (Å²) in [5.41, 5.74) is 3.94. The Morgan fingerprint density at radius 1 is 1.11 bits per heavy atom. The Morgan fingerprint density at radius 3 is 2.68 bits per heavy atom. The summed E-state index contributed by atoms with van der Waals surface area (Å²) in [5.74, 6) is 1.17. The average Bonchev–Trinajstić information content (AvgIpc) is 3.33. The predicted octanol–water partition coefficient (Wildman–Crippen LogP) is 4.07. The van der Waals surface area contributed by atoms with Crippen LogP contribution in [0.1, 0.15) is 16.8 Å². The van der Waals surface area contributed by atoms with E-state index in [1.54, 1.807) is 10.8 Å². The van der Waals surface area contributed by atoms with Crippen LogP contribution in [0.2, 0.25) is 0 Å². The third-order valence-electron chi connectivity index (χ3n) is 4.39. The van der Waals surface area contributed by atoms with Crippen molar-refractivity contribution < 1.29 is 4.42 Å². The molecule has 0 aliphatic heterocycles. The Morgan fingerprint density at radius 2 is 1.89 bits per heavy atom. The maximum Gasteiger partial charge on any atom is 0.343 e. The highest BCUT2D eigenvalue weighted by molar-refractivity contribution is 7.98. The van der Waals surface area contributed by atoms with Crippen LogP contribution in [-0.4, -0.2) is 19.7 Å². The van der Waals surface area contributed by atoms with Gasteiger partial charge in [0.25, 0.3) is 0 Å². The third-order valence-corrected chi connectivity index (χ3v) is 5.40. The molecule has 0 bridgehead atoms. The van der Waals surface area contributed by atoms with E-state index in [2.05, 4.69) is 27.3 Å². The lowest BCUT2D eigenvalue weighted by molar-refractivity contribution is 0.573. The minimum atomic E-state index is -0.195. The van der Waals surface area contributed by atoms with Gasteiger partial charge < -0.3 is 4.42 Å². The number of oxazole rings is 1. The van der Waals surface area contributed by atoms with E-state index in [-0.39, 0.29) is 5.69 Å². The zero-order valence-electron chi connectivity index (χ0n) is 15.5. The largest absolute Gasteiger partial charge is 0.444 e. The van der Waals surface area contributed by atoms with Gasteiger partial charge in [-0.1, -0.05) is 59.8 Å². The first-order chi connectivity index (χ1) is 13.7. The summed E-state index contributed by atoms with van der Waals surface area (Å²) in [4.78, 5) is 16.6. The molecule has 142 valence electrons. The second-order valence-corrected chi connectivity index (χ2v) is 7.44. The topological polar surface area (TPSA) is 76.7 Å². The molecule has 2 heterocycles. The van der Waals surface area contributed by atoms with Crippen molar-refractivity contribution in [2.45, 2.75) is 30.8 Å². The van der Waals surface area contributed by atoms with Crippen molar-refractivity contribution >= 4 is 11.8 Å². The molecule has 0 saturated carbocycles. The first kappa shape index (κ1) is 18.3. The molecule has 7 heteroatoms. The van der Waals surface area contributed by atoms with Gasteiger partial charge in [-0.05, 0) is 31.0 Å². The Balaban J connectivity index is 1.41. The number of rotatable bonds is 7. The van der Waals surface area contributed by atoms with E-state index in [4.69, 9.17) is 4.42 Å². The minimum absolute atomic E-state index is 0.195. The number of nitrogens with zero attached hydrogens (tertiary/aromatic N) is 3. The molecule has 4 aromatic rings. The monoisotopic (exact) mass is 392 g/mol. The average molecular weight is 392 g/mol. The fourth-order valence-electron chi connectivity index (χ4n) is 2.84. The van der Waals surface area contributed by atoms with Crippen LogP contribution in [-0.2, 0) is 18.7 Å². The summed E-state index contributed by atoms with van der Waals surface area (Å²) in [6.07, 6.45) is 2.43. The molecule has 4 rings (SSSR count). The fourth-order valence-corrected chi connectivity index (χ4v) is 3.69. The summed E-state index contributed by atoms with van der Waals surface area (Å²) < 4.78 is 7.26. The second kappa shape index (κ2) is 8.31. The summed E-state index contributed by atoms with van der Waals surface area (Å²) in [6, 6.07) is 18.1. The standard InChI is InChI=1S/C21H20N4O2S/c1-15-7-9-17(10-8-15)19-22-18(13-27-19)14-28-21-24-23-20(26)25(21)12-11-16-5-3-2-4-6-16/h2-10,13H,11-12,14H2,1H3,(H,23,26). The van der Waals surface area contributed by atoms with Crippen LogP contribution in [0.25, 0.3) is 11.5 Å². The number of aromatic amines is 1. The van der Waals surface area contributed by atoms with Crippen molar-refractivity contribution in [2.24, 2.45) is 0 Å². The molecule has 0 atom stereocenters. The molecule has 0 spiro atoms. The molecule has 0 fully saturated rings. The number of benzene rings is 2. The van der Waals surface area contributed by atoms with Gasteiger partial charge in [0.05, 0.1) is 5.69 Å². The predicted molar refractivity (Wildman–Crippen MR) is 109 cm³/mol. The highest BCUT2D eigenvalue weighted by atomic mass is 32.2. The molecular weight excluding hydrogens is 372 g/mol. The van der Waals surface area contributed by atoms with Crippen molar-refractivity contribution in [3.8, 4) is 11.5 Å². The van der Waals surface area contributed by atoms with Crippen LogP contribution in [0.15, 0.2) is 75.2 Å². The van der Waals surface area contributed by atoms with E-state index < -0.39 is 0 Å². The molecule has 28 heavy (non-hydrogen) atoms. The van der Waals surface area contributed by atoms with Crippen LogP contribution >= 0.6 is 11.8 Å². The summed E-state index contributed by atoms with van der Waals surface area (Å²) >= 11 is 1.47. The quantitative estimate of drug-likeness (QED) is 0.480. The lowest BCUT2D eigenvalue weighted by Crippen LogP contribution is -2.18. The molecular formula is C21H20N4O2S. The van der Waals surface area contributed by atoms with Crippen LogP contribution in [0.3, 0.4) is 0 Å². The van der Waals surface area contributed by atoms with Crippen LogP contribution in [0, 0.1) is 6.92 Å². The van der Waals surface area contributed by atoms with E-state index in [9.17, 15) is 4.79 Å². The Labute approximate surface area is 166 Å². The van der Waals surface area contributed by atoms with Crippen LogP contribution < -0.4 is 5.69 Å². The Hall–Kier alpha value is -3.06. The van der Waals surface area contributed by atoms with Gasteiger partial charge in [-0.15, -0.1) is 5.10 Å². The van der Waals surface area contributed by atoms with Crippen molar-refractivity contribution in [1.29, 1.82) is 0 Å². The fraction of sp³-hybridized carbons (Fsp3) is 0.190. The lowest BCUT2D eigenvalue weighted by atomic mass is 10.1. The molecule has 0 unspecified atom stereocenters. The molecule has 0 aliphatic rings. The van der Waals surface area contributed by atoms with Gasteiger partial charge in [0.15, 0.2) is 5.16 Å². The van der Waals surface area contributed by atoms with E-state index in [0.29, 0.717) is 23.3 Å². The van der Waals surface area contributed by atoms with E-state index >= 15 is 0 Å². The zero-order chi connectivity index (χ0) is 19.3. The number of aromatic nitrogens is 4. The van der Waals surface area contributed by atoms with E-state index in [1.165, 1.54) is 22.9 Å². The zero-order valence-corrected chi connectivity index (χ0v) is 16.3. The van der Waals surface area contributed by atoms with Gasteiger partial charge in [0.1, 0.15) is 6.26 Å². The first-order valence-electron chi connectivity index (χ1n) is 9.02. The number of hydrogen-bond donors (Lipinski definition) is 1. The molecule has 2 aromatic carbocycles. The van der Waals surface area contributed by atoms with Gasteiger partial charge >= 0.3 is 5.69 Å². The number of aryl methyl sites for hydroxylation is 2. The van der Waals surface area contributed by atoms with Crippen molar-refractivity contribution in [1.82, 2.24) is 19.7 Å². The SMILES string of the molecule is Cc1ccc(-c2nc(CSc3n[nH]c(=O)n3CCc3ccccc3)co2)cc1. The number of thioether (sulfide) groups is 1. The normalized spacial score (nSPS) is 11.0. The minimum Gasteiger partial charge on any atom is -0.444 e. The Kier molecular flexibility index (Phi) is 5.43. The van der Waals surface area contributed by atoms with Crippen molar-refractivity contribution in [3.05, 3.63) is 88.2 Å². The smallest absolute Gasteiger partial charge is 0.343 e. The number of hydrogen-bond acceptors (Lipinski definition) is 5. The first-order valence-corrected chi connectivity index (χ1v) is 10.0. The van der Waals surface area contributed by atoms with E-state index in [0.717, 1.165) is 17.7 Å². The number of nitrogens with one attached hydrogen (secondary N) is 1. The summed E-state index contributed by atoms with van der Waals surface area (Å²) in [7, 11) is 0. The third kappa shape index (κ3) is 4.26. The summed E-state index contributed by atoms with van der Waals surface area (Å²) in [5, 5.41) is 7.34. The van der Waals surface area contributed by atoms with Gasteiger partial charge in [-0.25, -0.2) is 14.9 Å². The molecule has 1 N–H and O–H groups in total. The van der Waals surface area contributed by atoms with Crippen LogP contribution in [0.5, 0.6) is 0 Å².